The van der Waals surface area contributed by atoms with Crippen molar-refractivity contribution in [1.82, 2.24) is 0 Å². The molecule has 136 valence electrons. The summed E-state index contributed by atoms with van der Waals surface area (Å²) in [7, 11) is 0. The summed E-state index contributed by atoms with van der Waals surface area (Å²) in [5.74, 6) is -0.740. The molecule has 0 spiro atoms. The molecule has 0 saturated carbocycles. The maximum absolute atomic E-state index is 13.5. The van der Waals surface area contributed by atoms with Crippen LogP contribution in [0.2, 0.25) is 0 Å². The molecule has 0 atom stereocenters. The molecule has 5 nitrogen and oxygen atoms in total. The van der Waals surface area contributed by atoms with Crippen LogP contribution in [0.25, 0.3) is 0 Å². The second kappa shape index (κ2) is 8.62. The highest BCUT2D eigenvalue weighted by atomic mass is 19.1. The highest BCUT2D eigenvalue weighted by Gasteiger charge is 2.08. The predicted octanol–water partition coefficient (Wildman–Crippen LogP) is 4.10. The number of para-hydroxylation sites is 1. The molecule has 0 heterocycles. The van der Waals surface area contributed by atoms with Crippen molar-refractivity contribution in [3.63, 3.8) is 0 Å². The van der Waals surface area contributed by atoms with E-state index in [1.807, 2.05) is 6.07 Å². The third-order valence-corrected chi connectivity index (χ3v) is 3.67. The zero-order valence-corrected chi connectivity index (χ0v) is 14.3. The lowest BCUT2D eigenvalue weighted by molar-refractivity contribution is -0.118. The van der Waals surface area contributed by atoms with Crippen molar-refractivity contribution in [2.75, 3.05) is 17.2 Å². The normalized spacial score (nSPS) is 10.1. The molecule has 3 aromatic rings. The van der Waals surface area contributed by atoms with E-state index < -0.39 is 11.7 Å². The van der Waals surface area contributed by atoms with Crippen molar-refractivity contribution in [1.29, 1.82) is 0 Å². The Morgan fingerprint density at radius 2 is 1.48 bits per heavy atom. The minimum Gasteiger partial charge on any atom is -0.484 e. The topological polar surface area (TPSA) is 67.4 Å². The number of anilines is 2. The molecule has 0 aliphatic carbocycles. The summed E-state index contributed by atoms with van der Waals surface area (Å²) in [6.07, 6.45) is 0. The van der Waals surface area contributed by atoms with Crippen LogP contribution < -0.4 is 15.4 Å². The molecular formula is C21H17FN2O3. The molecule has 3 aromatic carbocycles. The fraction of sp³-hybridized carbons (Fsp3) is 0.0476. The average Bonchev–Trinajstić information content (AvgIpc) is 2.70. The first-order valence-electron chi connectivity index (χ1n) is 8.25. The van der Waals surface area contributed by atoms with E-state index >= 15 is 0 Å². The van der Waals surface area contributed by atoms with Gasteiger partial charge in [0, 0.05) is 11.3 Å². The Kier molecular flexibility index (Phi) is 5.79. The molecule has 0 saturated heterocycles. The van der Waals surface area contributed by atoms with Gasteiger partial charge in [-0.1, -0.05) is 30.3 Å². The Bertz CT molecular complexity index is 928. The van der Waals surface area contributed by atoms with E-state index in [1.54, 1.807) is 60.7 Å². The smallest absolute Gasteiger partial charge is 0.262 e. The minimum absolute atomic E-state index is 0.102. The van der Waals surface area contributed by atoms with Crippen molar-refractivity contribution >= 4 is 23.2 Å². The summed E-state index contributed by atoms with van der Waals surface area (Å²) >= 11 is 0. The zero-order chi connectivity index (χ0) is 19.1. The second-order valence-corrected chi connectivity index (χ2v) is 5.66. The Morgan fingerprint density at radius 3 is 2.19 bits per heavy atom. The second-order valence-electron chi connectivity index (χ2n) is 5.66. The molecule has 0 fully saturated rings. The van der Waals surface area contributed by atoms with E-state index in [4.69, 9.17) is 4.74 Å². The number of benzene rings is 3. The van der Waals surface area contributed by atoms with Crippen LogP contribution in [0.5, 0.6) is 5.75 Å². The van der Waals surface area contributed by atoms with Crippen LogP contribution in [0, 0.1) is 5.82 Å². The standard InChI is InChI=1S/C21H17FN2O3/c22-18-8-4-5-9-19(18)24-20(25)14-27-17-12-10-16(11-13-17)23-21(26)15-6-2-1-3-7-15/h1-13H,14H2,(H,23,26)(H,24,25). The molecule has 27 heavy (non-hydrogen) atoms. The maximum atomic E-state index is 13.5. The van der Waals surface area contributed by atoms with Gasteiger partial charge in [-0.15, -0.1) is 0 Å². The number of rotatable bonds is 6. The summed E-state index contributed by atoms with van der Waals surface area (Å²) in [6, 6.07) is 21.4. The van der Waals surface area contributed by atoms with E-state index in [0.29, 0.717) is 17.0 Å². The molecule has 0 aromatic heterocycles. The Balaban J connectivity index is 1.51. The maximum Gasteiger partial charge on any atom is 0.262 e. The molecule has 0 unspecified atom stereocenters. The minimum atomic E-state index is -0.510. The number of carbonyl (C=O) groups excluding carboxylic acids is 2. The summed E-state index contributed by atoms with van der Waals surface area (Å²) in [4.78, 5) is 23.9. The van der Waals surface area contributed by atoms with Gasteiger partial charge in [-0.25, -0.2) is 4.39 Å². The summed E-state index contributed by atoms with van der Waals surface area (Å²) in [5, 5.41) is 5.21. The monoisotopic (exact) mass is 364 g/mol. The van der Waals surface area contributed by atoms with Gasteiger partial charge in [-0.3, -0.25) is 9.59 Å². The largest absolute Gasteiger partial charge is 0.484 e. The van der Waals surface area contributed by atoms with Gasteiger partial charge in [0.25, 0.3) is 11.8 Å². The predicted molar refractivity (Wildman–Crippen MR) is 101 cm³/mol. The molecule has 0 aliphatic heterocycles. The molecule has 6 heteroatoms. The average molecular weight is 364 g/mol. The zero-order valence-electron chi connectivity index (χ0n) is 14.3. The molecule has 2 amide bonds. The first kappa shape index (κ1) is 18.1. The molecule has 0 radical (unpaired) electrons. The van der Waals surface area contributed by atoms with Gasteiger partial charge >= 0.3 is 0 Å². The highest BCUT2D eigenvalue weighted by molar-refractivity contribution is 6.04. The van der Waals surface area contributed by atoms with Crippen molar-refractivity contribution in [2.45, 2.75) is 0 Å². The van der Waals surface area contributed by atoms with Gasteiger partial charge in [-0.05, 0) is 48.5 Å². The van der Waals surface area contributed by atoms with E-state index in [-0.39, 0.29) is 18.2 Å². The quantitative estimate of drug-likeness (QED) is 0.692. The van der Waals surface area contributed by atoms with Gasteiger partial charge in [0.2, 0.25) is 0 Å². The third kappa shape index (κ3) is 5.15. The van der Waals surface area contributed by atoms with E-state index in [1.165, 1.54) is 12.1 Å². The van der Waals surface area contributed by atoms with Gasteiger partial charge in [0.1, 0.15) is 11.6 Å². The van der Waals surface area contributed by atoms with Gasteiger partial charge in [0.15, 0.2) is 6.61 Å². The van der Waals surface area contributed by atoms with E-state index in [2.05, 4.69) is 10.6 Å². The molecular weight excluding hydrogens is 347 g/mol. The lowest BCUT2D eigenvalue weighted by Crippen LogP contribution is -2.20. The van der Waals surface area contributed by atoms with Crippen molar-refractivity contribution in [3.8, 4) is 5.75 Å². The Hall–Kier alpha value is -3.67. The number of nitrogens with one attached hydrogen (secondary N) is 2. The van der Waals surface area contributed by atoms with Crippen molar-refractivity contribution in [2.24, 2.45) is 0 Å². The van der Waals surface area contributed by atoms with Crippen LogP contribution in [-0.4, -0.2) is 18.4 Å². The SMILES string of the molecule is O=C(COc1ccc(NC(=O)c2ccccc2)cc1)Nc1ccccc1F. The van der Waals surface area contributed by atoms with Crippen LogP contribution in [0.15, 0.2) is 78.9 Å². The van der Waals surface area contributed by atoms with Crippen LogP contribution in [0.4, 0.5) is 15.8 Å². The Morgan fingerprint density at radius 1 is 0.815 bits per heavy atom. The number of halogens is 1. The molecule has 2 N–H and O–H groups in total. The first-order chi connectivity index (χ1) is 13.1. The van der Waals surface area contributed by atoms with Crippen molar-refractivity contribution in [3.05, 3.63) is 90.2 Å². The fourth-order valence-corrected chi connectivity index (χ4v) is 2.33. The number of ether oxygens (including phenoxy) is 1. The molecule has 0 bridgehead atoms. The van der Waals surface area contributed by atoms with Crippen LogP contribution in [0.1, 0.15) is 10.4 Å². The molecule has 0 aliphatic rings. The highest BCUT2D eigenvalue weighted by Crippen LogP contribution is 2.17. The lowest BCUT2D eigenvalue weighted by atomic mass is 10.2. The number of hydrogen-bond acceptors (Lipinski definition) is 3. The van der Waals surface area contributed by atoms with E-state index in [9.17, 15) is 14.0 Å². The van der Waals surface area contributed by atoms with Gasteiger partial charge < -0.3 is 15.4 Å². The Labute approximate surface area is 155 Å². The first-order valence-corrected chi connectivity index (χ1v) is 8.25. The number of hydrogen-bond donors (Lipinski definition) is 2. The molecule has 3 rings (SSSR count). The third-order valence-electron chi connectivity index (χ3n) is 3.67. The summed E-state index contributed by atoms with van der Waals surface area (Å²) in [6.45, 7) is -0.260. The van der Waals surface area contributed by atoms with Crippen LogP contribution in [-0.2, 0) is 4.79 Å². The van der Waals surface area contributed by atoms with Gasteiger partial charge in [-0.2, -0.15) is 0 Å². The number of carbonyl (C=O) groups is 2. The van der Waals surface area contributed by atoms with Gasteiger partial charge in [0.05, 0.1) is 5.69 Å². The van der Waals surface area contributed by atoms with Crippen molar-refractivity contribution < 1.29 is 18.7 Å². The van der Waals surface area contributed by atoms with E-state index in [0.717, 1.165) is 0 Å². The number of amides is 2. The lowest BCUT2D eigenvalue weighted by Gasteiger charge is -2.09. The fourth-order valence-electron chi connectivity index (χ4n) is 2.33. The summed E-state index contributed by atoms with van der Waals surface area (Å²) < 4.78 is 18.9. The summed E-state index contributed by atoms with van der Waals surface area (Å²) in [5.41, 5.74) is 1.26. The van der Waals surface area contributed by atoms with Crippen LogP contribution >= 0.6 is 0 Å². The van der Waals surface area contributed by atoms with Crippen LogP contribution in [0.3, 0.4) is 0 Å².